The van der Waals surface area contributed by atoms with Crippen LogP contribution in [0.25, 0.3) is 0 Å². The number of pyridine rings is 1. The standard InChI is InChI=1S/C15H25F2N3/c1-5-13-6-12(9-18-8-11(2)3)7-15(19-13)20(4)10-14(16)17/h6-7,11,14,18H,5,8-10H2,1-4H3. The molecule has 5 heteroatoms. The summed E-state index contributed by atoms with van der Waals surface area (Å²) in [5.41, 5.74) is 2.03. The summed E-state index contributed by atoms with van der Waals surface area (Å²) in [6.45, 7) is 7.70. The van der Waals surface area contributed by atoms with Crippen LogP contribution in [-0.4, -0.2) is 31.5 Å². The molecule has 1 N–H and O–H groups in total. The molecule has 0 aliphatic rings. The first kappa shape index (κ1) is 16.8. The Morgan fingerprint density at radius 2 is 2.00 bits per heavy atom. The van der Waals surface area contributed by atoms with Crippen molar-refractivity contribution in [2.45, 2.75) is 40.2 Å². The average molecular weight is 285 g/mol. The number of hydrogen-bond acceptors (Lipinski definition) is 3. The molecule has 0 bridgehead atoms. The molecule has 1 aromatic rings. The topological polar surface area (TPSA) is 28.2 Å². The summed E-state index contributed by atoms with van der Waals surface area (Å²) in [6, 6.07) is 3.92. The Morgan fingerprint density at radius 1 is 1.30 bits per heavy atom. The third-order valence-corrected chi connectivity index (χ3v) is 2.97. The molecule has 0 aliphatic carbocycles. The quantitative estimate of drug-likeness (QED) is 0.795. The normalized spacial score (nSPS) is 11.4. The molecular weight excluding hydrogens is 260 g/mol. The Labute approximate surface area is 120 Å². The predicted molar refractivity (Wildman–Crippen MR) is 79.4 cm³/mol. The SMILES string of the molecule is CCc1cc(CNCC(C)C)cc(N(C)CC(F)F)n1. The van der Waals surface area contributed by atoms with E-state index in [4.69, 9.17) is 0 Å². The van der Waals surface area contributed by atoms with Gasteiger partial charge >= 0.3 is 0 Å². The van der Waals surface area contributed by atoms with Gasteiger partial charge in [0.15, 0.2) is 0 Å². The van der Waals surface area contributed by atoms with Crippen LogP contribution >= 0.6 is 0 Å². The highest BCUT2D eigenvalue weighted by atomic mass is 19.3. The zero-order valence-corrected chi connectivity index (χ0v) is 12.8. The molecular formula is C15H25F2N3. The fraction of sp³-hybridized carbons (Fsp3) is 0.667. The van der Waals surface area contributed by atoms with E-state index in [9.17, 15) is 8.78 Å². The zero-order valence-electron chi connectivity index (χ0n) is 12.8. The fourth-order valence-electron chi connectivity index (χ4n) is 1.92. The minimum atomic E-state index is -2.35. The molecule has 1 heterocycles. The van der Waals surface area contributed by atoms with E-state index in [-0.39, 0.29) is 6.54 Å². The summed E-state index contributed by atoms with van der Waals surface area (Å²) in [4.78, 5) is 5.92. The van der Waals surface area contributed by atoms with Crippen LogP contribution in [0.4, 0.5) is 14.6 Å². The van der Waals surface area contributed by atoms with Crippen molar-refractivity contribution < 1.29 is 8.78 Å². The Hall–Kier alpha value is -1.23. The second-order valence-electron chi connectivity index (χ2n) is 5.47. The maximum absolute atomic E-state index is 12.5. The second-order valence-corrected chi connectivity index (χ2v) is 5.47. The second kappa shape index (κ2) is 8.15. The summed E-state index contributed by atoms with van der Waals surface area (Å²) in [7, 11) is 1.65. The molecule has 114 valence electrons. The lowest BCUT2D eigenvalue weighted by Gasteiger charge is -2.19. The third-order valence-electron chi connectivity index (χ3n) is 2.97. The lowest BCUT2D eigenvalue weighted by Crippen LogP contribution is -2.26. The summed E-state index contributed by atoms with van der Waals surface area (Å²) in [5.74, 6) is 1.20. The Morgan fingerprint density at radius 3 is 2.55 bits per heavy atom. The van der Waals surface area contributed by atoms with Crippen LogP contribution in [-0.2, 0) is 13.0 Å². The monoisotopic (exact) mass is 285 g/mol. The molecule has 3 nitrogen and oxygen atoms in total. The molecule has 0 aromatic carbocycles. The Balaban J connectivity index is 2.79. The van der Waals surface area contributed by atoms with Gasteiger partial charge in [0.25, 0.3) is 6.43 Å². The molecule has 0 fully saturated rings. The molecule has 1 rings (SSSR count). The maximum Gasteiger partial charge on any atom is 0.255 e. The van der Waals surface area contributed by atoms with Gasteiger partial charge in [-0.15, -0.1) is 0 Å². The largest absolute Gasteiger partial charge is 0.354 e. The van der Waals surface area contributed by atoms with Crippen LogP contribution in [0.5, 0.6) is 0 Å². The van der Waals surface area contributed by atoms with Gasteiger partial charge in [0.05, 0.1) is 6.54 Å². The number of anilines is 1. The van der Waals surface area contributed by atoms with Crippen molar-refractivity contribution in [3.8, 4) is 0 Å². The summed E-state index contributed by atoms with van der Waals surface area (Å²) in [6.07, 6.45) is -1.55. The van der Waals surface area contributed by atoms with Crippen LogP contribution < -0.4 is 10.2 Å². The van der Waals surface area contributed by atoms with Crippen molar-refractivity contribution in [3.63, 3.8) is 0 Å². The van der Waals surface area contributed by atoms with Crippen molar-refractivity contribution in [2.75, 3.05) is 25.0 Å². The van der Waals surface area contributed by atoms with E-state index in [1.165, 1.54) is 4.90 Å². The first-order valence-corrected chi connectivity index (χ1v) is 7.12. The third kappa shape index (κ3) is 5.82. The Kier molecular flexibility index (Phi) is 6.85. The number of aryl methyl sites for hydroxylation is 1. The number of alkyl halides is 2. The highest BCUT2D eigenvalue weighted by molar-refractivity contribution is 5.42. The van der Waals surface area contributed by atoms with E-state index in [0.717, 1.165) is 30.8 Å². The van der Waals surface area contributed by atoms with E-state index < -0.39 is 6.43 Å². The highest BCUT2D eigenvalue weighted by Gasteiger charge is 2.11. The summed E-state index contributed by atoms with van der Waals surface area (Å²) in [5, 5.41) is 3.36. The van der Waals surface area contributed by atoms with Crippen LogP contribution in [0, 0.1) is 5.92 Å². The molecule has 0 radical (unpaired) electrons. The van der Waals surface area contributed by atoms with Crippen molar-refractivity contribution in [2.24, 2.45) is 5.92 Å². The van der Waals surface area contributed by atoms with E-state index >= 15 is 0 Å². The molecule has 0 atom stereocenters. The number of aromatic nitrogens is 1. The molecule has 0 saturated heterocycles. The molecule has 20 heavy (non-hydrogen) atoms. The molecule has 0 unspecified atom stereocenters. The van der Waals surface area contributed by atoms with Crippen molar-refractivity contribution in [3.05, 3.63) is 23.4 Å². The van der Waals surface area contributed by atoms with E-state index in [1.54, 1.807) is 7.05 Å². The zero-order chi connectivity index (χ0) is 15.1. The molecule has 1 aromatic heterocycles. The lowest BCUT2D eigenvalue weighted by molar-refractivity contribution is 0.156. The van der Waals surface area contributed by atoms with Gasteiger partial charge in [0.2, 0.25) is 0 Å². The van der Waals surface area contributed by atoms with Crippen LogP contribution in [0.3, 0.4) is 0 Å². The highest BCUT2D eigenvalue weighted by Crippen LogP contribution is 2.16. The van der Waals surface area contributed by atoms with Gasteiger partial charge < -0.3 is 10.2 Å². The van der Waals surface area contributed by atoms with Crippen molar-refractivity contribution >= 4 is 5.82 Å². The van der Waals surface area contributed by atoms with Crippen molar-refractivity contribution in [1.82, 2.24) is 10.3 Å². The maximum atomic E-state index is 12.5. The van der Waals surface area contributed by atoms with Gasteiger partial charge in [-0.3, -0.25) is 0 Å². The van der Waals surface area contributed by atoms with Gasteiger partial charge in [0.1, 0.15) is 5.82 Å². The number of nitrogens with one attached hydrogen (secondary N) is 1. The van der Waals surface area contributed by atoms with Gasteiger partial charge in [0, 0.05) is 19.3 Å². The van der Waals surface area contributed by atoms with E-state index in [2.05, 4.69) is 24.1 Å². The minimum absolute atomic E-state index is 0.293. The first-order valence-electron chi connectivity index (χ1n) is 7.12. The number of halogens is 2. The van der Waals surface area contributed by atoms with Gasteiger partial charge in [-0.25, -0.2) is 13.8 Å². The molecule has 0 aliphatic heterocycles. The molecule has 0 amide bonds. The van der Waals surface area contributed by atoms with Crippen LogP contribution in [0.15, 0.2) is 12.1 Å². The number of rotatable bonds is 8. The first-order chi connectivity index (χ1) is 9.42. The minimum Gasteiger partial charge on any atom is -0.354 e. The Bertz CT molecular complexity index is 408. The van der Waals surface area contributed by atoms with Crippen LogP contribution in [0.2, 0.25) is 0 Å². The van der Waals surface area contributed by atoms with E-state index in [0.29, 0.717) is 11.7 Å². The fourth-order valence-corrected chi connectivity index (χ4v) is 1.92. The van der Waals surface area contributed by atoms with E-state index in [1.807, 2.05) is 19.1 Å². The lowest BCUT2D eigenvalue weighted by atomic mass is 10.1. The summed E-state index contributed by atoms with van der Waals surface area (Å²) >= 11 is 0. The summed E-state index contributed by atoms with van der Waals surface area (Å²) < 4.78 is 24.9. The average Bonchev–Trinajstić information content (AvgIpc) is 2.37. The predicted octanol–water partition coefficient (Wildman–Crippen LogP) is 3.09. The number of nitrogens with zero attached hydrogens (tertiary/aromatic N) is 2. The van der Waals surface area contributed by atoms with Crippen LogP contribution in [0.1, 0.15) is 32.0 Å². The van der Waals surface area contributed by atoms with Gasteiger partial charge in [-0.05, 0) is 36.6 Å². The molecule has 0 spiro atoms. The molecule has 0 saturated carbocycles. The van der Waals surface area contributed by atoms with Gasteiger partial charge in [-0.1, -0.05) is 20.8 Å². The smallest absolute Gasteiger partial charge is 0.255 e. The van der Waals surface area contributed by atoms with Gasteiger partial charge in [-0.2, -0.15) is 0 Å². The van der Waals surface area contributed by atoms with Crippen molar-refractivity contribution in [1.29, 1.82) is 0 Å². The number of hydrogen-bond donors (Lipinski definition) is 1.